The number of rotatable bonds is 2. The average molecular weight is 327 g/mol. The standard InChI is InChI=1S/C14H12F3N3O3/c15-8-3-7(11(16)13(22)12(8)17)14(23)20-2-1-6(5-20)9-4-10(21)19-18-9/h3-4,6,22H,1-2,5H2,(H2,18,19,21). The van der Waals surface area contributed by atoms with Gasteiger partial charge in [-0.05, 0) is 12.5 Å². The van der Waals surface area contributed by atoms with E-state index >= 15 is 0 Å². The number of carbonyl (C=O) groups excluding carboxylic acids is 1. The van der Waals surface area contributed by atoms with E-state index in [2.05, 4.69) is 10.2 Å². The number of hydrogen-bond donors (Lipinski definition) is 3. The van der Waals surface area contributed by atoms with Gasteiger partial charge in [-0.2, -0.15) is 4.39 Å². The minimum Gasteiger partial charge on any atom is -0.503 e. The molecule has 1 fully saturated rings. The summed E-state index contributed by atoms with van der Waals surface area (Å²) in [6, 6.07) is 1.79. The minimum atomic E-state index is -1.73. The van der Waals surface area contributed by atoms with Crippen LogP contribution >= 0.6 is 0 Å². The van der Waals surface area contributed by atoms with E-state index < -0.39 is 34.7 Å². The molecular formula is C14H12F3N3O3. The number of hydrogen-bond acceptors (Lipinski definition) is 3. The fraction of sp³-hybridized carbons (Fsp3) is 0.286. The second-order valence-electron chi connectivity index (χ2n) is 5.33. The third kappa shape index (κ3) is 2.58. The van der Waals surface area contributed by atoms with Crippen molar-refractivity contribution in [1.29, 1.82) is 0 Å². The summed E-state index contributed by atoms with van der Waals surface area (Å²) < 4.78 is 40.2. The molecule has 1 unspecified atom stereocenters. The van der Waals surface area contributed by atoms with E-state index in [1.54, 1.807) is 0 Å². The monoisotopic (exact) mass is 327 g/mol. The van der Waals surface area contributed by atoms with Crippen molar-refractivity contribution in [2.75, 3.05) is 13.1 Å². The lowest BCUT2D eigenvalue weighted by molar-refractivity contribution is 0.0784. The molecule has 0 bridgehead atoms. The first-order chi connectivity index (χ1) is 10.9. The third-order valence-corrected chi connectivity index (χ3v) is 3.90. The Morgan fingerprint density at radius 3 is 2.61 bits per heavy atom. The Balaban J connectivity index is 1.84. The molecule has 23 heavy (non-hydrogen) atoms. The number of likely N-dealkylation sites (tertiary alicyclic amines) is 1. The first kappa shape index (κ1) is 15.2. The van der Waals surface area contributed by atoms with Gasteiger partial charge in [0, 0.05) is 30.8 Å². The lowest BCUT2D eigenvalue weighted by Crippen LogP contribution is -2.29. The summed E-state index contributed by atoms with van der Waals surface area (Å²) in [7, 11) is 0. The number of aromatic hydroxyl groups is 1. The summed E-state index contributed by atoms with van der Waals surface area (Å²) in [5.41, 5.74) is -0.426. The topological polar surface area (TPSA) is 89.2 Å². The maximum absolute atomic E-state index is 13.8. The normalized spacial score (nSPS) is 17.7. The molecule has 0 spiro atoms. The highest BCUT2D eigenvalue weighted by atomic mass is 19.2. The third-order valence-electron chi connectivity index (χ3n) is 3.90. The van der Waals surface area contributed by atoms with Crippen LogP contribution < -0.4 is 5.56 Å². The van der Waals surface area contributed by atoms with E-state index in [0.717, 1.165) is 0 Å². The van der Waals surface area contributed by atoms with E-state index in [1.807, 2.05) is 0 Å². The zero-order valence-electron chi connectivity index (χ0n) is 11.7. The highest BCUT2D eigenvalue weighted by molar-refractivity contribution is 5.95. The quantitative estimate of drug-likeness (QED) is 0.730. The van der Waals surface area contributed by atoms with Crippen molar-refractivity contribution in [2.45, 2.75) is 12.3 Å². The van der Waals surface area contributed by atoms with Crippen LogP contribution in [-0.2, 0) is 0 Å². The molecule has 1 aliphatic heterocycles. The Labute approximate surface area is 127 Å². The molecule has 9 heteroatoms. The van der Waals surface area contributed by atoms with Gasteiger partial charge in [0.2, 0.25) is 5.82 Å². The van der Waals surface area contributed by atoms with Gasteiger partial charge in [0.1, 0.15) is 0 Å². The van der Waals surface area contributed by atoms with Crippen molar-refractivity contribution in [3.63, 3.8) is 0 Å². The van der Waals surface area contributed by atoms with Crippen LogP contribution in [0, 0.1) is 17.5 Å². The van der Waals surface area contributed by atoms with Gasteiger partial charge in [0.05, 0.1) is 5.56 Å². The van der Waals surface area contributed by atoms with E-state index in [0.29, 0.717) is 18.2 Å². The number of carbonyl (C=O) groups is 1. The molecule has 1 aromatic heterocycles. The van der Waals surface area contributed by atoms with Crippen molar-refractivity contribution in [3.05, 3.63) is 51.2 Å². The lowest BCUT2D eigenvalue weighted by Gasteiger charge is -2.17. The summed E-state index contributed by atoms with van der Waals surface area (Å²) in [6.07, 6.45) is 0.525. The molecule has 1 aromatic carbocycles. The fourth-order valence-electron chi connectivity index (χ4n) is 2.68. The molecule has 0 radical (unpaired) electrons. The first-order valence-corrected chi connectivity index (χ1v) is 6.81. The number of amides is 1. The number of halogens is 3. The molecule has 1 saturated heterocycles. The van der Waals surface area contributed by atoms with Gasteiger partial charge in [-0.3, -0.25) is 14.7 Å². The van der Waals surface area contributed by atoms with Crippen LogP contribution in [0.5, 0.6) is 5.75 Å². The Morgan fingerprint density at radius 1 is 1.22 bits per heavy atom. The molecule has 6 nitrogen and oxygen atoms in total. The van der Waals surface area contributed by atoms with Crippen molar-refractivity contribution < 1.29 is 23.1 Å². The highest BCUT2D eigenvalue weighted by Gasteiger charge is 2.32. The Hall–Kier alpha value is -2.71. The second kappa shape index (κ2) is 5.49. The van der Waals surface area contributed by atoms with E-state index in [-0.39, 0.29) is 24.6 Å². The van der Waals surface area contributed by atoms with Crippen molar-refractivity contribution in [1.82, 2.24) is 15.1 Å². The fourth-order valence-corrected chi connectivity index (χ4v) is 2.68. The number of phenolic OH excluding ortho intramolecular Hbond substituents is 1. The molecule has 122 valence electrons. The maximum atomic E-state index is 13.8. The van der Waals surface area contributed by atoms with Gasteiger partial charge in [0.25, 0.3) is 11.5 Å². The lowest BCUT2D eigenvalue weighted by atomic mass is 10.1. The molecule has 1 atom stereocenters. The number of aromatic nitrogens is 2. The van der Waals surface area contributed by atoms with Gasteiger partial charge in [0.15, 0.2) is 17.4 Å². The molecule has 0 saturated carbocycles. The van der Waals surface area contributed by atoms with Crippen LogP contribution in [0.25, 0.3) is 0 Å². The van der Waals surface area contributed by atoms with E-state index in [9.17, 15) is 27.9 Å². The van der Waals surface area contributed by atoms with Gasteiger partial charge < -0.3 is 15.1 Å². The predicted octanol–water partition coefficient (Wildman–Crippen LogP) is 1.46. The number of nitrogens with one attached hydrogen (secondary N) is 2. The zero-order valence-corrected chi connectivity index (χ0v) is 11.7. The first-order valence-electron chi connectivity index (χ1n) is 6.81. The van der Waals surface area contributed by atoms with Crippen LogP contribution in [0.3, 0.4) is 0 Å². The zero-order chi connectivity index (χ0) is 16.7. The number of phenols is 1. The SMILES string of the molecule is O=C(c1cc(F)c(F)c(O)c1F)N1CCC(c2cc(=O)[nH][nH]2)C1. The van der Waals surface area contributed by atoms with Crippen LogP contribution in [-0.4, -0.2) is 39.2 Å². The van der Waals surface area contributed by atoms with Gasteiger partial charge in [-0.15, -0.1) is 0 Å². The van der Waals surface area contributed by atoms with Crippen molar-refractivity contribution >= 4 is 5.91 Å². The number of aromatic amines is 2. The summed E-state index contributed by atoms with van der Waals surface area (Å²) in [4.78, 5) is 24.6. The smallest absolute Gasteiger partial charge is 0.264 e. The molecule has 0 aliphatic carbocycles. The number of benzene rings is 1. The Morgan fingerprint density at radius 2 is 1.96 bits per heavy atom. The minimum absolute atomic E-state index is 0.153. The molecule has 3 rings (SSSR count). The summed E-state index contributed by atoms with van der Waals surface area (Å²) in [5.74, 6) is -7.25. The summed E-state index contributed by atoms with van der Waals surface area (Å²) in [5, 5.41) is 14.3. The van der Waals surface area contributed by atoms with Gasteiger partial charge >= 0.3 is 0 Å². The summed E-state index contributed by atoms with van der Waals surface area (Å²) in [6.45, 7) is 0.446. The average Bonchev–Trinajstić information content (AvgIpc) is 3.17. The van der Waals surface area contributed by atoms with Crippen molar-refractivity contribution in [2.24, 2.45) is 0 Å². The number of H-pyrrole nitrogens is 2. The van der Waals surface area contributed by atoms with Crippen LogP contribution in [0.4, 0.5) is 13.2 Å². The van der Waals surface area contributed by atoms with Gasteiger partial charge in [-0.1, -0.05) is 0 Å². The molecule has 2 aromatic rings. The molecule has 2 heterocycles. The molecule has 3 N–H and O–H groups in total. The van der Waals surface area contributed by atoms with Crippen LogP contribution in [0.2, 0.25) is 0 Å². The highest BCUT2D eigenvalue weighted by Crippen LogP contribution is 2.30. The van der Waals surface area contributed by atoms with Crippen LogP contribution in [0.15, 0.2) is 16.9 Å². The van der Waals surface area contributed by atoms with E-state index in [4.69, 9.17) is 0 Å². The predicted molar refractivity (Wildman–Crippen MR) is 72.7 cm³/mol. The Bertz CT molecular complexity index is 830. The van der Waals surface area contributed by atoms with Gasteiger partial charge in [-0.25, -0.2) is 8.78 Å². The molecular weight excluding hydrogens is 315 g/mol. The second-order valence-corrected chi connectivity index (χ2v) is 5.33. The van der Waals surface area contributed by atoms with Crippen LogP contribution in [0.1, 0.15) is 28.4 Å². The number of nitrogens with zero attached hydrogens (tertiary/aromatic N) is 1. The largest absolute Gasteiger partial charge is 0.503 e. The molecule has 1 aliphatic rings. The summed E-state index contributed by atoms with van der Waals surface area (Å²) >= 11 is 0. The maximum Gasteiger partial charge on any atom is 0.264 e. The van der Waals surface area contributed by atoms with Crippen molar-refractivity contribution in [3.8, 4) is 5.75 Å². The Kier molecular flexibility index (Phi) is 3.63. The van der Waals surface area contributed by atoms with E-state index in [1.165, 1.54) is 11.0 Å². The molecule has 1 amide bonds.